The number of nitrogens with zero attached hydrogens (tertiary/aromatic N) is 1. The Labute approximate surface area is 138 Å². The Bertz CT molecular complexity index is 709. The third-order valence-electron chi connectivity index (χ3n) is 3.75. The Morgan fingerprint density at radius 3 is 2.39 bits per heavy atom. The Morgan fingerprint density at radius 2 is 1.74 bits per heavy atom. The Balaban J connectivity index is 2.06. The number of benzene rings is 2. The zero-order chi connectivity index (χ0) is 16.8. The zero-order valence-electron chi connectivity index (χ0n) is 14.4. The van der Waals surface area contributed by atoms with Crippen LogP contribution in [0.25, 0.3) is 0 Å². The standard InChI is InChI=1S/C19H24N2O2/c1-13-6-8-17(14(2)10-13)15(3)21-20-12-16-7-9-18(22-4)19(11-16)23-5/h6-11,20H,12H2,1-5H3/b21-15+. The molecule has 0 saturated carbocycles. The molecular formula is C19H24N2O2. The average molecular weight is 312 g/mol. The van der Waals surface area contributed by atoms with Gasteiger partial charge in [-0.05, 0) is 44.0 Å². The minimum Gasteiger partial charge on any atom is -0.493 e. The van der Waals surface area contributed by atoms with Crippen molar-refractivity contribution in [1.29, 1.82) is 0 Å². The molecule has 0 atom stereocenters. The lowest BCUT2D eigenvalue weighted by atomic mass is 10.0. The van der Waals surface area contributed by atoms with E-state index in [0.717, 1.165) is 28.3 Å². The van der Waals surface area contributed by atoms with E-state index >= 15 is 0 Å². The van der Waals surface area contributed by atoms with Crippen LogP contribution >= 0.6 is 0 Å². The third-order valence-corrected chi connectivity index (χ3v) is 3.75. The van der Waals surface area contributed by atoms with Gasteiger partial charge in [0.05, 0.1) is 26.5 Å². The fourth-order valence-corrected chi connectivity index (χ4v) is 2.52. The van der Waals surface area contributed by atoms with E-state index in [-0.39, 0.29) is 0 Å². The first kappa shape index (κ1) is 16.9. The molecule has 0 saturated heterocycles. The van der Waals surface area contributed by atoms with Crippen LogP contribution in [0, 0.1) is 13.8 Å². The van der Waals surface area contributed by atoms with Crippen LogP contribution in [0.4, 0.5) is 0 Å². The molecule has 0 spiro atoms. The Morgan fingerprint density at radius 1 is 1.00 bits per heavy atom. The second kappa shape index (κ2) is 7.68. The van der Waals surface area contributed by atoms with E-state index in [1.807, 2.05) is 25.1 Å². The largest absolute Gasteiger partial charge is 0.493 e. The lowest BCUT2D eigenvalue weighted by Crippen LogP contribution is -2.10. The van der Waals surface area contributed by atoms with Crippen LogP contribution in [0.15, 0.2) is 41.5 Å². The first-order chi connectivity index (χ1) is 11.0. The van der Waals surface area contributed by atoms with Gasteiger partial charge in [0.15, 0.2) is 11.5 Å². The summed E-state index contributed by atoms with van der Waals surface area (Å²) in [7, 11) is 3.27. The van der Waals surface area contributed by atoms with Gasteiger partial charge < -0.3 is 14.9 Å². The van der Waals surface area contributed by atoms with E-state index in [0.29, 0.717) is 6.54 Å². The van der Waals surface area contributed by atoms with Crippen LogP contribution < -0.4 is 14.9 Å². The predicted octanol–water partition coefficient (Wildman–Crippen LogP) is 3.83. The highest BCUT2D eigenvalue weighted by Gasteiger charge is 2.05. The summed E-state index contributed by atoms with van der Waals surface area (Å²) in [5, 5.41) is 4.47. The number of hydrogen-bond acceptors (Lipinski definition) is 4. The predicted molar refractivity (Wildman–Crippen MR) is 94.5 cm³/mol. The molecule has 0 fully saturated rings. The van der Waals surface area contributed by atoms with E-state index in [9.17, 15) is 0 Å². The molecule has 0 heterocycles. The number of aryl methyl sites for hydroxylation is 2. The van der Waals surface area contributed by atoms with Crippen molar-refractivity contribution in [2.75, 3.05) is 14.2 Å². The van der Waals surface area contributed by atoms with E-state index in [1.165, 1.54) is 11.1 Å². The maximum atomic E-state index is 5.31. The molecule has 0 unspecified atom stereocenters. The molecule has 1 N–H and O–H groups in total. The van der Waals surface area contributed by atoms with Gasteiger partial charge in [-0.25, -0.2) is 0 Å². The van der Waals surface area contributed by atoms with E-state index < -0.39 is 0 Å². The van der Waals surface area contributed by atoms with Crippen LogP contribution in [0.3, 0.4) is 0 Å². The van der Waals surface area contributed by atoms with E-state index in [1.54, 1.807) is 14.2 Å². The van der Waals surface area contributed by atoms with Gasteiger partial charge in [-0.3, -0.25) is 0 Å². The third kappa shape index (κ3) is 4.25. The van der Waals surface area contributed by atoms with Gasteiger partial charge in [-0.15, -0.1) is 0 Å². The summed E-state index contributed by atoms with van der Waals surface area (Å²) in [6.45, 7) is 6.84. The molecule has 2 aromatic rings. The SMILES string of the molecule is COc1ccc(CN/N=C(\C)c2ccc(C)cc2C)cc1OC. The molecule has 4 nitrogen and oxygen atoms in total. The van der Waals surface area contributed by atoms with Crippen molar-refractivity contribution in [3.05, 3.63) is 58.7 Å². The van der Waals surface area contributed by atoms with Crippen molar-refractivity contribution < 1.29 is 9.47 Å². The molecule has 0 aromatic heterocycles. The van der Waals surface area contributed by atoms with Gasteiger partial charge >= 0.3 is 0 Å². The van der Waals surface area contributed by atoms with Gasteiger partial charge in [-0.2, -0.15) is 5.10 Å². The van der Waals surface area contributed by atoms with Crippen LogP contribution in [-0.4, -0.2) is 19.9 Å². The van der Waals surface area contributed by atoms with Crippen LogP contribution in [0.2, 0.25) is 0 Å². The minimum atomic E-state index is 0.628. The Hall–Kier alpha value is -2.49. The first-order valence-corrected chi connectivity index (χ1v) is 7.61. The second-order valence-electron chi connectivity index (χ2n) is 5.54. The van der Waals surface area contributed by atoms with Gasteiger partial charge in [0.1, 0.15) is 0 Å². The van der Waals surface area contributed by atoms with Gasteiger partial charge in [0.2, 0.25) is 0 Å². The fraction of sp³-hybridized carbons (Fsp3) is 0.316. The summed E-state index contributed by atoms with van der Waals surface area (Å²) in [6.07, 6.45) is 0. The number of rotatable bonds is 6. The highest BCUT2D eigenvalue weighted by Crippen LogP contribution is 2.27. The number of hydrogen-bond donors (Lipinski definition) is 1. The molecule has 4 heteroatoms. The molecule has 2 aromatic carbocycles. The second-order valence-corrected chi connectivity index (χ2v) is 5.54. The quantitative estimate of drug-likeness (QED) is 0.651. The monoisotopic (exact) mass is 312 g/mol. The molecule has 0 amide bonds. The van der Waals surface area contributed by atoms with Crippen LogP contribution in [-0.2, 0) is 6.54 Å². The van der Waals surface area contributed by atoms with Crippen molar-refractivity contribution in [2.24, 2.45) is 5.10 Å². The van der Waals surface area contributed by atoms with Gasteiger partial charge in [-0.1, -0.05) is 29.8 Å². The van der Waals surface area contributed by atoms with Crippen molar-refractivity contribution in [3.8, 4) is 11.5 Å². The molecule has 0 radical (unpaired) electrons. The number of hydrazone groups is 1. The molecule has 0 aliphatic heterocycles. The molecule has 0 aliphatic carbocycles. The van der Waals surface area contributed by atoms with Crippen molar-refractivity contribution >= 4 is 5.71 Å². The smallest absolute Gasteiger partial charge is 0.161 e. The molecule has 0 bridgehead atoms. The maximum absolute atomic E-state index is 5.31. The van der Waals surface area contributed by atoms with Crippen molar-refractivity contribution in [2.45, 2.75) is 27.3 Å². The lowest BCUT2D eigenvalue weighted by Gasteiger charge is -2.10. The summed E-state index contributed by atoms with van der Waals surface area (Å²) in [5.41, 5.74) is 8.84. The average Bonchev–Trinajstić information content (AvgIpc) is 2.54. The molecule has 2 rings (SSSR count). The summed E-state index contributed by atoms with van der Waals surface area (Å²) < 4.78 is 10.6. The first-order valence-electron chi connectivity index (χ1n) is 7.61. The summed E-state index contributed by atoms with van der Waals surface area (Å²) in [6, 6.07) is 12.2. The number of nitrogens with one attached hydrogen (secondary N) is 1. The van der Waals surface area contributed by atoms with Crippen LogP contribution in [0.5, 0.6) is 11.5 Å². The topological polar surface area (TPSA) is 42.8 Å². The molecule has 122 valence electrons. The normalized spacial score (nSPS) is 11.3. The van der Waals surface area contributed by atoms with Gasteiger partial charge in [0.25, 0.3) is 0 Å². The highest BCUT2D eigenvalue weighted by molar-refractivity contribution is 5.99. The van der Waals surface area contributed by atoms with E-state index in [4.69, 9.17) is 9.47 Å². The number of methoxy groups -OCH3 is 2. The van der Waals surface area contributed by atoms with E-state index in [2.05, 4.69) is 42.6 Å². The maximum Gasteiger partial charge on any atom is 0.161 e. The van der Waals surface area contributed by atoms with Crippen molar-refractivity contribution in [3.63, 3.8) is 0 Å². The van der Waals surface area contributed by atoms with Crippen LogP contribution in [0.1, 0.15) is 29.2 Å². The van der Waals surface area contributed by atoms with Crippen molar-refractivity contribution in [1.82, 2.24) is 5.43 Å². The number of ether oxygens (including phenoxy) is 2. The molecule has 0 aliphatic rings. The zero-order valence-corrected chi connectivity index (χ0v) is 14.4. The summed E-state index contributed by atoms with van der Waals surface area (Å²) >= 11 is 0. The fourth-order valence-electron chi connectivity index (χ4n) is 2.52. The highest BCUT2D eigenvalue weighted by atomic mass is 16.5. The molecule has 23 heavy (non-hydrogen) atoms. The minimum absolute atomic E-state index is 0.628. The Kier molecular flexibility index (Phi) is 5.63. The summed E-state index contributed by atoms with van der Waals surface area (Å²) in [5.74, 6) is 1.45. The lowest BCUT2D eigenvalue weighted by molar-refractivity contribution is 0.354. The molecular weight excluding hydrogens is 288 g/mol. The van der Waals surface area contributed by atoms with Gasteiger partial charge in [0, 0.05) is 5.56 Å². The summed E-state index contributed by atoms with van der Waals surface area (Å²) in [4.78, 5) is 0.